The number of rotatable bonds is 0. The Morgan fingerprint density at radius 1 is 0.889 bits per heavy atom. The molecule has 0 bridgehead atoms. The van der Waals surface area contributed by atoms with E-state index in [2.05, 4.69) is 70.5 Å². The average Bonchev–Trinajstić information content (AvgIpc) is 2.14. The van der Waals surface area contributed by atoms with E-state index in [1.165, 1.54) is 6.04 Å². The van der Waals surface area contributed by atoms with E-state index >= 15 is 0 Å². The Balaban J connectivity index is 0.00000289. The summed E-state index contributed by atoms with van der Waals surface area (Å²) in [6, 6.07) is 1.45. The van der Waals surface area contributed by atoms with Crippen molar-refractivity contribution in [2.24, 2.45) is 0 Å². The van der Waals surface area contributed by atoms with Crippen molar-refractivity contribution in [1.82, 2.24) is 14.7 Å². The predicted octanol–water partition coefficient (Wildman–Crippen LogP) is 1.90. The van der Waals surface area contributed by atoms with Gasteiger partial charge in [0.15, 0.2) is 0 Å². The van der Waals surface area contributed by atoms with Crippen molar-refractivity contribution >= 4 is 0 Å². The summed E-state index contributed by atoms with van der Waals surface area (Å²) in [6.07, 6.45) is 0. The molecule has 0 atom stereocenters. The topological polar surface area (TPSA) is 9.72 Å². The van der Waals surface area contributed by atoms with Gasteiger partial charge in [-0.1, -0.05) is 0 Å². The monoisotopic (exact) mass is 329 g/mol. The van der Waals surface area contributed by atoms with Gasteiger partial charge in [-0.3, -0.25) is 4.90 Å². The molecule has 1 saturated heterocycles. The van der Waals surface area contributed by atoms with Crippen LogP contribution in [-0.4, -0.2) is 66.6 Å². The Bertz CT molecular complexity index is 266. The molecular weight excluding hydrogens is 299 g/mol. The molecule has 1 aliphatic rings. The SMILES string of the molecule is C[C-]1CN(C)CC(C)(C)N(C)C(C)(C)CN1C.[Y]. The zero-order chi connectivity index (χ0) is 13.4. The first-order valence-corrected chi connectivity index (χ1v) is 6.52. The molecule has 0 aromatic carbocycles. The molecule has 1 rings (SSSR count). The summed E-state index contributed by atoms with van der Waals surface area (Å²) < 4.78 is 0. The Labute approximate surface area is 139 Å². The van der Waals surface area contributed by atoms with Crippen molar-refractivity contribution in [3.63, 3.8) is 0 Å². The number of hydrogen-bond donors (Lipinski definition) is 0. The van der Waals surface area contributed by atoms with Crippen molar-refractivity contribution < 1.29 is 32.7 Å². The summed E-state index contributed by atoms with van der Waals surface area (Å²) in [5.41, 5.74) is 0.383. The van der Waals surface area contributed by atoms with Crippen molar-refractivity contribution in [2.75, 3.05) is 40.8 Å². The van der Waals surface area contributed by atoms with Gasteiger partial charge in [-0.25, -0.2) is 6.04 Å². The second-order valence-electron chi connectivity index (χ2n) is 6.95. The smallest absolute Gasteiger partial charge is 0.0281 e. The van der Waals surface area contributed by atoms with E-state index in [0.29, 0.717) is 0 Å². The molecule has 18 heavy (non-hydrogen) atoms. The molecule has 0 saturated carbocycles. The van der Waals surface area contributed by atoms with Gasteiger partial charge >= 0.3 is 0 Å². The molecule has 0 amide bonds. The summed E-state index contributed by atoms with van der Waals surface area (Å²) in [4.78, 5) is 7.34. The minimum Gasteiger partial charge on any atom is -0.454 e. The molecule has 0 aliphatic carbocycles. The molecule has 0 spiro atoms. The van der Waals surface area contributed by atoms with Crippen LogP contribution in [0.2, 0.25) is 0 Å². The van der Waals surface area contributed by atoms with Crippen molar-refractivity contribution in [3.8, 4) is 0 Å². The minimum absolute atomic E-state index is 0. The molecule has 0 aromatic rings. The summed E-state index contributed by atoms with van der Waals surface area (Å²) in [6.45, 7) is 14.8. The molecule has 105 valence electrons. The van der Waals surface area contributed by atoms with Crippen LogP contribution in [0.5, 0.6) is 0 Å². The third-order valence-electron chi connectivity index (χ3n) is 4.25. The number of hydrogen-bond acceptors (Lipinski definition) is 3. The van der Waals surface area contributed by atoms with Gasteiger partial charge in [-0.05, 0) is 55.4 Å². The standard InChI is InChI=1S/C14H30N3.Y/c1-12-9-15(6)10-13(2,3)17(8)14(4,5)11-16(12)7;/h9-11H2,1-8H3;/q-1;. The first-order valence-electron chi connectivity index (χ1n) is 6.52. The second-order valence-corrected chi connectivity index (χ2v) is 6.95. The Hall–Kier alpha value is 0.984. The molecular formula is C14H30N3Y-. The van der Waals surface area contributed by atoms with Gasteiger partial charge in [0.2, 0.25) is 0 Å². The van der Waals surface area contributed by atoms with Crippen molar-refractivity contribution in [1.29, 1.82) is 0 Å². The van der Waals surface area contributed by atoms with Crippen LogP contribution in [0.1, 0.15) is 34.6 Å². The maximum absolute atomic E-state index is 2.52. The second kappa shape index (κ2) is 6.62. The molecule has 1 fully saturated rings. The van der Waals surface area contributed by atoms with E-state index in [1.807, 2.05) is 0 Å². The maximum Gasteiger partial charge on any atom is 0.0281 e. The van der Waals surface area contributed by atoms with Gasteiger partial charge in [-0.2, -0.15) is 6.92 Å². The summed E-state index contributed by atoms with van der Waals surface area (Å²) in [5.74, 6) is 0. The van der Waals surface area contributed by atoms with Crippen molar-refractivity contribution in [3.05, 3.63) is 6.04 Å². The van der Waals surface area contributed by atoms with E-state index in [1.54, 1.807) is 0 Å². The van der Waals surface area contributed by atoms with Crippen LogP contribution in [0, 0.1) is 6.04 Å². The van der Waals surface area contributed by atoms with E-state index in [4.69, 9.17) is 0 Å². The largest absolute Gasteiger partial charge is 0.454 e. The molecule has 0 aromatic heterocycles. The first-order chi connectivity index (χ1) is 7.56. The van der Waals surface area contributed by atoms with E-state index in [0.717, 1.165) is 19.6 Å². The fourth-order valence-electron chi connectivity index (χ4n) is 2.97. The molecule has 1 radical (unpaired) electrons. The molecule has 1 aliphatic heterocycles. The zero-order valence-corrected chi connectivity index (χ0v) is 16.4. The third-order valence-corrected chi connectivity index (χ3v) is 4.25. The van der Waals surface area contributed by atoms with Crippen LogP contribution < -0.4 is 0 Å². The zero-order valence-electron chi connectivity index (χ0n) is 13.5. The number of likely N-dealkylation sites (N-methyl/N-ethyl adjacent to an activating group) is 3. The van der Waals surface area contributed by atoms with Crippen LogP contribution >= 0.6 is 0 Å². The quantitative estimate of drug-likeness (QED) is 0.629. The first kappa shape index (κ1) is 19.0. The predicted molar refractivity (Wildman–Crippen MR) is 75.0 cm³/mol. The molecule has 1 heterocycles. The van der Waals surface area contributed by atoms with Crippen LogP contribution in [0.15, 0.2) is 0 Å². The van der Waals surface area contributed by atoms with Crippen LogP contribution in [0.4, 0.5) is 0 Å². The fraction of sp³-hybridized carbons (Fsp3) is 0.929. The summed E-state index contributed by atoms with van der Waals surface area (Å²) >= 11 is 0. The van der Waals surface area contributed by atoms with Gasteiger partial charge in [-0.15, -0.1) is 6.54 Å². The normalized spacial score (nSPS) is 28.0. The van der Waals surface area contributed by atoms with Gasteiger partial charge in [0.05, 0.1) is 0 Å². The van der Waals surface area contributed by atoms with Crippen LogP contribution in [-0.2, 0) is 32.7 Å². The maximum atomic E-state index is 2.52. The summed E-state index contributed by atoms with van der Waals surface area (Å²) in [7, 11) is 6.67. The molecule has 0 unspecified atom stereocenters. The van der Waals surface area contributed by atoms with Crippen molar-refractivity contribution in [2.45, 2.75) is 45.7 Å². The van der Waals surface area contributed by atoms with Gasteiger partial charge in [0, 0.05) is 50.3 Å². The van der Waals surface area contributed by atoms with Crippen LogP contribution in [0.25, 0.3) is 0 Å². The van der Waals surface area contributed by atoms with E-state index in [9.17, 15) is 0 Å². The Morgan fingerprint density at radius 3 is 1.83 bits per heavy atom. The minimum atomic E-state index is 0. The third kappa shape index (κ3) is 4.52. The molecule has 4 heteroatoms. The summed E-state index contributed by atoms with van der Waals surface area (Å²) in [5, 5.41) is 0. The molecule has 3 nitrogen and oxygen atoms in total. The molecule has 0 N–H and O–H groups in total. The van der Waals surface area contributed by atoms with E-state index < -0.39 is 0 Å². The van der Waals surface area contributed by atoms with E-state index in [-0.39, 0.29) is 43.8 Å². The number of nitrogens with zero attached hydrogens (tertiary/aromatic N) is 3. The Morgan fingerprint density at radius 2 is 1.33 bits per heavy atom. The van der Waals surface area contributed by atoms with Crippen LogP contribution in [0.3, 0.4) is 0 Å². The average molecular weight is 329 g/mol. The van der Waals surface area contributed by atoms with Gasteiger partial charge in [0.25, 0.3) is 0 Å². The Kier molecular flexibility index (Phi) is 6.99. The van der Waals surface area contributed by atoms with Gasteiger partial charge < -0.3 is 9.80 Å². The fourth-order valence-corrected chi connectivity index (χ4v) is 2.97. The van der Waals surface area contributed by atoms with Gasteiger partial charge in [0.1, 0.15) is 0 Å².